The van der Waals surface area contributed by atoms with Crippen LogP contribution >= 0.6 is 0 Å². The van der Waals surface area contributed by atoms with Crippen molar-refractivity contribution >= 4 is 5.78 Å². The molecule has 0 saturated carbocycles. The topological polar surface area (TPSA) is 50.2 Å². The molecule has 0 unspecified atom stereocenters. The summed E-state index contributed by atoms with van der Waals surface area (Å²) in [4.78, 5) is 14.7. The highest BCUT2D eigenvalue weighted by Crippen LogP contribution is 1.99. The van der Waals surface area contributed by atoms with E-state index in [1.54, 1.807) is 18.3 Å². The molecule has 11 heavy (non-hydrogen) atoms. The van der Waals surface area contributed by atoms with Crippen LogP contribution in [0.2, 0.25) is 0 Å². The highest BCUT2D eigenvalue weighted by Gasteiger charge is 2.03. The van der Waals surface area contributed by atoms with Gasteiger partial charge in [0, 0.05) is 6.20 Å². The van der Waals surface area contributed by atoms with E-state index in [1.807, 2.05) is 6.92 Å². The van der Waals surface area contributed by atoms with Crippen LogP contribution in [0.3, 0.4) is 0 Å². The van der Waals surface area contributed by atoms with Crippen LogP contribution in [0.1, 0.15) is 16.1 Å². The molecule has 58 valence electrons. The van der Waals surface area contributed by atoms with Crippen molar-refractivity contribution in [1.29, 1.82) is 0 Å². The molecular formula is C8H9NO2. The molecule has 0 spiro atoms. The van der Waals surface area contributed by atoms with Gasteiger partial charge >= 0.3 is 0 Å². The predicted molar refractivity (Wildman–Crippen MR) is 40.4 cm³/mol. The molecule has 1 aromatic rings. The number of ketones is 1. The van der Waals surface area contributed by atoms with Gasteiger partial charge in [-0.25, -0.2) is 0 Å². The average Bonchev–Trinajstić information content (AvgIpc) is 2.03. The standard InChI is InChI=1S/C8H9NO2/c1-6-2-3-9-7(4-6)8(11)5-10/h2-4,10H,5H2,1H3. The molecule has 1 aromatic heterocycles. The molecule has 1 N–H and O–H groups in total. The quantitative estimate of drug-likeness (QED) is 0.628. The van der Waals surface area contributed by atoms with Gasteiger partial charge in [0.2, 0.25) is 5.78 Å². The van der Waals surface area contributed by atoms with E-state index >= 15 is 0 Å². The molecule has 0 saturated heterocycles. The second-order valence-electron chi connectivity index (χ2n) is 2.30. The lowest BCUT2D eigenvalue weighted by Gasteiger charge is -1.96. The Morgan fingerprint density at radius 1 is 1.73 bits per heavy atom. The van der Waals surface area contributed by atoms with E-state index in [-0.39, 0.29) is 5.78 Å². The van der Waals surface area contributed by atoms with Gasteiger partial charge in [-0.1, -0.05) is 0 Å². The number of Topliss-reactive ketones (excluding diaryl/α,β-unsaturated/α-hetero) is 1. The molecule has 0 fully saturated rings. The smallest absolute Gasteiger partial charge is 0.206 e. The Kier molecular flexibility index (Phi) is 2.33. The van der Waals surface area contributed by atoms with E-state index in [0.717, 1.165) is 5.56 Å². The Morgan fingerprint density at radius 3 is 3.00 bits per heavy atom. The van der Waals surface area contributed by atoms with Crippen molar-refractivity contribution in [3.05, 3.63) is 29.6 Å². The first-order valence-corrected chi connectivity index (χ1v) is 3.31. The minimum Gasteiger partial charge on any atom is -0.388 e. The molecule has 0 amide bonds. The number of carbonyl (C=O) groups excluding carboxylic acids is 1. The third kappa shape index (κ3) is 1.85. The monoisotopic (exact) mass is 151 g/mol. The number of aromatic nitrogens is 1. The number of aliphatic hydroxyl groups is 1. The van der Waals surface area contributed by atoms with Crippen molar-refractivity contribution in [2.75, 3.05) is 6.61 Å². The van der Waals surface area contributed by atoms with Gasteiger partial charge in [0.1, 0.15) is 12.3 Å². The summed E-state index contributed by atoms with van der Waals surface area (Å²) in [5.41, 5.74) is 1.30. The van der Waals surface area contributed by atoms with E-state index in [4.69, 9.17) is 5.11 Å². The van der Waals surface area contributed by atoms with Crippen molar-refractivity contribution in [1.82, 2.24) is 4.98 Å². The first-order chi connectivity index (χ1) is 5.24. The zero-order chi connectivity index (χ0) is 8.27. The third-order valence-corrected chi connectivity index (χ3v) is 1.34. The van der Waals surface area contributed by atoms with Gasteiger partial charge in [-0.3, -0.25) is 9.78 Å². The molecule has 3 nitrogen and oxygen atoms in total. The van der Waals surface area contributed by atoms with Crippen molar-refractivity contribution in [2.24, 2.45) is 0 Å². The fourth-order valence-electron chi connectivity index (χ4n) is 0.770. The molecule has 3 heteroatoms. The lowest BCUT2D eigenvalue weighted by Crippen LogP contribution is -2.06. The van der Waals surface area contributed by atoms with Crippen LogP contribution in [0.4, 0.5) is 0 Å². The summed E-state index contributed by atoms with van der Waals surface area (Å²) in [6.07, 6.45) is 1.55. The van der Waals surface area contributed by atoms with Gasteiger partial charge < -0.3 is 5.11 Å². The highest BCUT2D eigenvalue weighted by atomic mass is 16.3. The summed E-state index contributed by atoms with van der Waals surface area (Å²) in [7, 11) is 0. The van der Waals surface area contributed by atoms with Gasteiger partial charge in [0.05, 0.1) is 0 Å². The summed E-state index contributed by atoms with van der Waals surface area (Å²) in [6, 6.07) is 3.45. The van der Waals surface area contributed by atoms with Gasteiger partial charge in [0.25, 0.3) is 0 Å². The first-order valence-electron chi connectivity index (χ1n) is 3.31. The molecule has 1 rings (SSSR count). The van der Waals surface area contributed by atoms with Crippen LogP contribution in [-0.2, 0) is 0 Å². The Labute approximate surface area is 64.7 Å². The van der Waals surface area contributed by atoms with Crippen LogP contribution in [0.15, 0.2) is 18.3 Å². The van der Waals surface area contributed by atoms with Gasteiger partial charge in [-0.2, -0.15) is 0 Å². The summed E-state index contributed by atoms with van der Waals surface area (Å²) >= 11 is 0. The number of rotatable bonds is 2. The Hall–Kier alpha value is -1.22. The van der Waals surface area contributed by atoms with E-state index in [2.05, 4.69) is 4.98 Å². The molecule has 0 aliphatic heterocycles. The first kappa shape index (κ1) is 7.88. The number of hydrogen-bond acceptors (Lipinski definition) is 3. The van der Waals surface area contributed by atoms with Crippen molar-refractivity contribution in [2.45, 2.75) is 6.92 Å². The SMILES string of the molecule is Cc1ccnc(C(=O)CO)c1. The van der Waals surface area contributed by atoms with Gasteiger partial charge in [-0.15, -0.1) is 0 Å². The minimum absolute atomic E-state index is 0.326. The fraction of sp³-hybridized carbons (Fsp3) is 0.250. The van der Waals surface area contributed by atoms with Crippen molar-refractivity contribution in [3.63, 3.8) is 0 Å². The van der Waals surface area contributed by atoms with Crippen LogP contribution < -0.4 is 0 Å². The molecule has 0 atom stereocenters. The molecule has 0 aliphatic rings. The predicted octanol–water partition coefficient (Wildman–Crippen LogP) is 0.565. The van der Waals surface area contributed by atoms with Crippen LogP contribution in [0, 0.1) is 6.92 Å². The van der Waals surface area contributed by atoms with E-state index < -0.39 is 6.61 Å². The highest BCUT2D eigenvalue weighted by molar-refractivity contribution is 5.95. The Bertz CT molecular complexity index is 271. The third-order valence-electron chi connectivity index (χ3n) is 1.34. The molecule has 0 aliphatic carbocycles. The van der Waals surface area contributed by atoms with E-state index in [0.29, 0.717) is 5.69 Å². The second kappa shape index (κ2) is 3.25. The zero-order valence-electron chi connectivity index (χ0n) is 6.24. The number of aryl methyl sites for hydroxylation is 1. The summed E-state index contributed by atoms with van der Waals surface area (Å²) in [5.74, 6) is -0.339. The second-order valence-corrected chi connectivity index (χ2v) is 2.30. The summed E-state index contributed by atoms with van der Waals surface area (Å²) in [5, 5.41) is 8.49. The van der Waals surface area contributed by atoms with Crippen LogP contribution in [0.5, 0.6) is 0 Å². The number of hydrogen-bond donors (Lipinski definition) is 1. The van der Waals surface area contributed by atoms with E-state index in [1.165, 1.54) is 0 Å². The van der Waals surface area contributed by atoms with Crippen LogP contribution in [-0.4, -0.2) is 22.5 Å². The average molecular weight is 151 g/mol. The van der Waals surface area contributed by atoms with Gasteiger partial charge in [0.15, 0.2) is 0 Å². The Morgan fingerprint density at radius 2 is 2.45 bits per heavy atom. The molecular weight excluding hydrogens is 142 g/mol. The number of nitrogens with zero attached hydrogens (tertiary/aromatic N) is 1. The molecule has 0 bridgehead atoms. The van der Waals surface area contributed by atoms with Crippen molar-refractivity contribution < 1.29 is 9.90 Å². The lowest BCUT2D eigenvalue weighted by atomic mass is 10.2. The zero-order valence-corrected chi connectivity index (χ0v) is 6.24. The fourth-order valence-corrected chi connectivity index (χ4v) is 0.770. The lowest BCUT2D eigenvalue weighted by molar-refractivity contribution is 0.0898. The summed E-state index contributed by atoms with van der Waals surface area (Å²) < 4.78 is 0. The largest absolute Gasteiger partial charge is 0.388 e. The molecule has 1 heterocycles. The maximum absolute atomic E-state index is 10.9. The maximum Gasteiger partial charge on any atom is 0.206 e. The van der Waals surface area contributed by atoms with E-state index in [9.17, 15) is 4.79 Å². The van der Waals surface area contributed by atoms with Gasteiger partial charge in [-0.05, 0) is 24.6 Å². The normalized spacial score (nSPS) is 9.64. The number of aliphatic hydroxyl groups excluding tert-OH is 1. The Balaban J connectivity index is 2.96. The minimum atomic E-state index is -0.476. The van der Waals surface area contributed by atoms with Crippen molar-refractivity contribution in [3.8, 4) is 0 Å². The number of carbonyl (C=O) groups is 1. The summed E-state index contributed by atoms with van der Waals surface area (Å²) in [6.45, 7) is 1.40. The molecule has 0 aromatic carbocycles. The maximum atomic E-state index is 10.9. The number of pyridine rings is 1. The molecule has 0 radical (unpaired) electrons. The van der Waals surface area contributed by atoms with Crippen LogP contribution in [0.25, 0.3) is 0 Å².